The zero-order valence-electron chi connectivity index (χ0n) is 17.2. The third kappa shape index (κ3) is 8.53. The SMILES string of the molecule is CC(=O)c1ccc(/C=C/CN(C(=O)OC(C)(C)C)C(=O)OC(C)(C)C)cc1. The fraction of sp³-hybridized carbons (Fsp3) is 0.476. The van der Waals surface area contributed by atoms with Crippen molar-refractivity contribution < 1.29 is 23.9 Å². The molecule has 2 amide bonds. The molecule has 0 aliphatic heterocycles. The Kier molecular flexibility index (Phi) is 7.34. The van der Waals surface area contributed by atoms with E-state index in [1.807, 2.05) is 0 Å². The van der Waals surface area contributed by atoms with Gasteiger partial charge in [0.1, 0.15) is 11.2 Å². The number of hydrogen-bond acceptors (Lipinski definition) is 5. The molecule has 0 fully saturated rings. The Bertz CT molecular complexity index is 678. The van der Waals surface area contributed by atoms with Crippen molar-refractivity contribution in [1.29, 1.82) is 0 Å². The van der Waals surface area contributed by atoms with Crippen molar-refractivity contribution >= 4 is 24.0 Å². The van der Waals surface area contributed by atoms with Crippen LogP contribution in [-0.2, 0) is 9.47 Å². The zero-order valence-corrected chi connectivity index (χ0v) is 17.2. The van der Waals surface area contributed by atoms with Gasteiger partial charge >= 0.3 is 12.2 Å². The second-order valence-electron chi connectivity index (χ2n) is 8.15. The Morgan fingerprint density at radius 3 is 1.70 bits per heavy atom. The number of nitrogens with zero attached hydrogens (tertiary/aromatic N) is 1. The molecule has 1 rings (SSSR count). The standard InChI is InChI=1S/C21H29NO5/c1-15(23)17-12-10-16(11-13-17)9-8-14-22(18(24)26-20(2,3)4)19(25)27-21(5,6)7/h8-13H,14H2,1-7H3/b9-8+. The molecule has 0 heterocycles. The lowest BCUT2D eigenvalue weighted by Gasteiger charge is -2.28. The predicted molar refractivity (Wildman–Crippen MR) is 105 cm³/mol. The van der Waals surface area contributed by atoms with Gasteiger partial charge in [-0.15, -0.1) is 0 Å². The lowest BCUT2D eigenvalue weighted by Crippen LogP contribution is -2.43. The highest BCUT2D eigenvalue weighted by Gasteiger charge is 2.30. The van der Waals surface area contributed by atoms with Crippen LogP contribution in [0.1, 0.15) is 64.4 Å². The van der Waals surface area contributed by atoms with Crippen molar-refractivity contribution in [2.45, 2.75) is 59.7 Å². The maximum absolute atomic E-state index is 12.4. The summed E-state index contributed by atoms with van der Waals surface area (Å²) in [4.78, 5) is 37.0. The average Bonchev–Trinajstić information content (AvgIpc) is 2.48. The highest BCUT2D eigenvalue weighted by molar-refractivity contribution is 5.94. The van der Waals surface area contributed by atoms with Gasteiger partial charge in [-0.1, -0.05) is 36.4 Å². The summed E-state index contributed by atoms with van der Waals surface area (Å²) in [6, 6.07) is 7.03. The minimum atomic E-state index is -0.770. The smallest absolute Gasteiger partial charge is 0.420 e. The first-order chi connectivity index (χ1) is 12.3. The van der Waals surface area contributed by atoms with Gasteiger partial charge in [-0.3, -0.25) is 4.79 Å². The minimum absolute atomic E-state index is 0.00170. The van der Waals surface area contributed by atoms with E-state index in [1.54, 1.807) is 78.0 Å². The number of carbonyl (C=O) groups is 3. The molecule has 0 aromatic heterocycles. The molecule has 6 nitrogen and oxygen atoms in total. The summed E-state index contributed by atoms with van der Waals surface area (Å²) in [6.07, 6.45) is 1.88. The van der Waals surface area contributed by atoms with Crippen LogP contribution in [0.3, 0.4) is 0 Å². The molecule has 1 aromatic rings. The van der Waals surface area contributed by atoms with Crippen molar-refractivity contribution in [2.24, 2.45) is 0 Å². The van der Waals surface area contributed by atoms with Crippen LogP contribution in [0.2, 0.25) is 0 Å². The molecule has 0 saturated carbocycles. The normalized spacial score (nSPS) is 12.0. The molecular formula is C21H29NO5. The van der Waals surface area contributed by atoms with Gasteiger partial charge in [-0.2, -0.15) is 0 Å². The summed E-state index contributed by atoms with van der Waals surface area (Å²) in [5, 5.41) is 0. The van der Waals surface area contributed by atoms with E-state index < -0.39 is 23.4 Å². The van der Waals surface area contributed by atoms with Crippen LogP contribution in [0.5, 0.6) is 0 Å². The topological polar surface area (TPSA) is 72.9 Å². The van der Waals surface area contributed by atoms with E-state index in [-0.39, 0.29) is 12.3 Å². The van der Waals surface area contributed by atoms with E-state index >= 15 is 0 Å². The van der Waals surface area contributed by atoms with Gasteiger partial charge in [0.2, 0.25) is 0 Å². The predicted octanol–water partition coefficient (Wildman–Crippen LogP) is 5.07. The second-order valence-corrected chi connectivity index (χ2v) is 8.15. The van der Waals surface area contributed by atoms with E-state index in [4.69, 9.17) is 9.47 Å². The molecule has 0 unspecified atom stereocenters. The molecule has 148 valence electrons. The number of imide groups is 1. The monoisotopic (exact) mass is 375 g/mol. The molecule has 27 heavy (non-hydrogen) atoms. The Morgan fingerprint density at radius 2 is 1.33 bits per heavy atom. The Labute approximate surface area is 161 Å². The van der Waals surface area contributed by atoms with Crippen molar-refractivity contribution in [3.05, 3.63) is 41.5 Å². The van der Waals surface area contributed by atoms with Crippen molar-refractivity contribution in [2.75, 3.05) is 6.54 Å². The maximum Gasteiger partial charge on any atom is 0.420 e. The third-order valence-electron chi connectivity index (χ3n) is 3.14. The Morgan fingerprint density at radius 1 is 0.889 bits per heavy atom. The van der Waals surface area contributed by atoms with Crippen LogP contribution >= 0.6 is 0 Å². The van der Waals surface area contributed by atoms with Gasteiger partial charge in [-0.05, 0) is 54.0 Å². The highest BCUT2D eigenvalue weighted by Crippen LogP contribution is 2.15. The van der Waals surface area contributed by atoms with Crippen LogP contribution in [0.4, 0.5) is 9.59 Å². The lowest BCUT2D eigenvalue weighted by molar-refractivity contribution is 0.00375. The van der Waals surface area contributed by atoms with Gasteiger partial charge in [0.25, 0.3) is 0 Å². The first-order valence-electron chi connectivity index (χ1n) is 8.79. The maximum atomic E-state index is 12.4. The quantitative estimate of drug-likeness (QED) is 0.687. The number of ether oxygens (including phenoxy) is 2. The molecule has 0 aliphatic carbocycles. The number of carbonyl (C=O) groups excluding carboxylic acids is 3. The van der Waals surface area contributed by atoms with Crippen LogP contribution in [0, 0.1) is 0 Å². The third-order valence-corrected chi connectivity index (χ3v) is 3.14. The second kappa shape index (κ2) is 8.84. The van der Waals surface area contributed by atoms with Crippen LogP contribution in [0.25, 0.3) is 6.08 Å². The van der Waals surface area contributed by atoms with Gasteiger partial charge in [0.05, 0.1) is 6.54 Å². The summed E-state index contributed by atoms with van der Waals surface area (Å²) in [5.41, 5.74) is -0.00251. The summed E-state index contributed by atoms with van der Waals surface area (Å²) < 4.78 is 10.6. The molecule has 0 spiro atoms. The van der Waals surface area contributed by atoms with E-state index in [0.29, 0.717) is 5.56 Å². The van der Waals surface area contributed by atoms with Gasteiger partial charge in [0.15, 0.2) is 5.78 Å². The highest BCUT2D eigenvalue weighted by atomic mass is 16.6. The minimum Gasteiger partial charge on any atom is -0.443 e. The summed E-state index contributed by atoms with van der Waals surface area (Å²) in [6.45, 7) is 11.9. The number of Topliss-reactive ketones (excluding diaryl/α,β-unsaturated/α-hetero) is 1. The molecule has 0 radical (unpaired) electrons. The lowest BCUT2D eigenvalue weighted by atomic mass is 10.1. The first-order valence-corrected chi connectivity index (χ1v) is 8.79. The number of amides is 2. The average molecular weight is 375 g/mol. The number of rotatable bonds is 4. The van der Waals surface area contributed by atoms with Crippen LogP contribution in [-0.4, -0.2) is 40.6 Å². The van der Waals surface area contributed by atoms with E-state index in [2.05, 4.69) is 0 Å². The molecule has 0 N–H and O–H groups in total. The summed E-state index contributed by atoms with van der Waals surface area (Å²) in [7, 11) is 0. The number of ketones is 1. The van der Waals surface area contributed by atoms with Crippen molar-refractivity contribution in [3.63, 3.8) is 0 Å². The van der Waals surface area contributed by atoms with E-state index in [0.717, 1.165) is 10.5 Å². The number of benzene rings is 1. The Hall–Kier alpha value is -2.63. The fourth-order valence-electron chi connectivity index (χ4n) is 1.98. The molecule has 0 bridgehead atoms. The number of hydrogen-bond donors (Lipinski definition) is 0. The molecular weight excluding hydrogens is 346 g/mol. The van der Waals surface area contributed by atoms with Crippen molar-refractivity contribution in [3.8, 4) is 0 Å². The molecule has 6 heteroatoms. The van der Waals surface area contributed by atoms with Crippen LogP contribution < -0.4 is 0 Å². The summed E-state index contributed by atoms with van der Waals surface area (Å²) >= 11 is 0. The first kappa shape index (κ1) is 22.4. The van der Waals surface area contributed by atoms with Gasteiger partial charge in [0, 0.05) is 5.56 Å². The Balaban J connectivity index is 2.90. The van der Waals surface area contributed by atoms with Gasteiger partial charge in [-0.25, -0.2) is 14.5 Å². The van der Waals surface area contributed by atoms with Gasteiger partial charge < -0.3 is 9.47 Å². The zero-order chi connectivity index (χ0) is 20.8. The largest absolute Gasteiger partial charge is 0.443 e. The molecule has 0 saturated heterocycles. The summed E-state index contributed by atoms with van der Waals surface area (Å²) in [5.74, 6) is -0.00782. The van der Waals surface area contributed by atoms with E-state index in [1.165, 1.54) is 6.92 Å². The fourth-order valence-corrected chi connectivity index (χ4v) is 1.98. The molecule has 0 aliphatic rings. The molecule has 1 aromatic carbocycles. The van der Waals surface area contributed by atoms with E-state index in [9.17, 15) is 14.4 Å². The van der Waals surface area contributed by atoms with Crippen molar-refractivity contribution in [1.82, 2.24) is 4.90 Å². The van der Waals surface area contributed by atoms with Crippen LogP contribution in [0.15, 0.2) is 30.3 Å². The molecule has 0 atom stereocenters.